The molecule has 0 unspecified atom stereocenters. The smallest absolute Gasteiger partial charge is 0.415 e. The highest BCUT2D eigenvalue weighted by Crippen LogP contribution is 2.32. The molecule has 0 atom stereocenters. The van der Waals surface area contributed by atoms with Crippen molar-refractivity contribution in [3.05, 3.63) is 30.5 Å². The number of hydrogen-bond donors (Lipinski definition) is 1. The molecule has 0 bridgehead atoms. The van der Waals surface area contributed by atoms with E-state index in [0.717, 1.165) is 31.2 Å². The molecule has 0 aromatic carbocycles. The van der Waals surface area contributed by atoms with Crippen LogP contribution in [0.4, 0.5) is 21.2 Å². The maximum Gasteiger partial charge on any atom is 0.415 e. The Kier molecular flexibility index (Phi) is 8.82. The van der Waals surface area contributed by atoms with Crippen LogP contribution in [0.2, 0.25) is 0 Å². The lowest BCUT2D eigenvalue weighted by molar-refractivity contribution is 0.0240. The average Bonchev–Trinajstić information content (AvgIpc) is 2.88. The Morgan fingerprint density at radius 1 is 1.05 bits per heavy atom. The lowest BCUT2D eigenvalue weighted by Gasteiger charge is -2.36. The summed E-state index contributed by atoms with van der Waals surface area (Å²) in [5.74, 6) is 1.23. The second-order valence-electron chi connectivity index (χ2n) is 11.5. The number of anilines is 2. The van der Waals surface area contributed by atoms with Gasteiger partial charge in [0.25, 0.3) is 0 Å². The fourth-order valence-corrected chi connectivity index (χ4v) is 4.99. The van der Waals surface area contributed by atoms with Crippen LogP contribution in [0.3, 0.4) is 0 Å². The van der Waals surface area contributed by atoms with Crippen LogP contribution in [0.25, 0.3) is 11.3 Å². The SMILES string of the molecule is CC(C)OC(=O)N(c1cc(-c2cc(O)cc(N3CCN(C(=O)OC(C)(C)C)CC3)n2)ccn1)C1CCCCC1. The van der Waals surface area contributed by atoms with E-state index in [0.29, 0.717) is 43.5 Å². The highest BCUT2D eigenvalue weighted by Gasteiger charge is 2.30. The molecule has 212 valence electrons. The fraction of sp³-hybridized carbons (Fsp3) is 0.586. The lowest BCUT2D eigenvalue weighted by atomic mass is 9.94. The van der Waals surface area contributed by atoms with Crippen LogP contribution in [0, 0.1) is 0 Å². The van der Waals surface area contributed by atoms with E-state index in [1.54, 1.807) is 28.1 Å². The third kappa shape index (κ3) is 7.52. The zero-order chi connectivity index (χ0) is 28.2. The Balaban J connectivity index is 1.55. The molecule has 10 heteroatoms. The lowest BCUT2D eigenvalue weighted by Crippen LogP contribution is -2.50. The van der Waals surface area contributed by atoms with Gasteiger partial charge in [-0.1, -0.05) is 19.3 Å². The first-order valence-corrected chi connectivity index (χ1v) is 13.9. The van der Waals surface area contributed by atoms with Gasteiger partial charge in [0.2, 0.25) is 0 Å². The molecule has 4 rings (SSSR count). The third-order valence-electron chi connectivity index (χ3n) is 6.81. The van der Waals surface area contributed by atoms with Gasteiger partial charge in [-0.15, -0.1) is 0 Å². The number of amides is 2. The Morgan fingerprint density at radius 2 is 1.74 bits per heavy atom. The molecule has 1 saturated heterocycles. The number of ether oxygens (including phenoxy) is 2. The van der Waals surface area contributed by atoms with Crippen molar-refractivity contribution in [2.75, 3.05) is 36.0 Å². The van der Waals surface area contributed by atoms with Crippen LogP contribution in [0.5, 0.6) is 5.75 Å². The van der Waals surface area contributed by atoms with Gasteiger partial charge in [-0.2, -0.15) is 0 Å². The summed E-state index contributed by atoms with van der Waals surface area (Å²) >= 11 is 0. The van der Waals surface area contributed by atoms with Gasteiger partial charge < -0.3 is 24.4 Å². The Morgan fingerprint density at radius 3 is 2.38 bits per heavy atom. The number of carbonyl (C=O) groups excluding carboxylic acids is 2. The Bertz CT molecular complexity index is 1150. The number of piperazine rings is 1. The zero-order valence-corrected chi connectivity index (χ0v) is 23.7. The van der Waals surface area contributed by atoms with Gasteiger partial charge in [0, 0.05) is 56.1 Å². The van der Waals surface area contributed by atoms with Gasteiger partial charge in [0.1, 0.15) is 23.0 Å². The summed E-state index contributed by atoms with van der Waals surface area (Å²) in [5.41, 5.74) is 0.768. The Hall–Kier alpha value is -3.56. The van der Waals surface area contributed by atoms with E-state index in [4.69, 9.17) is 14.5 Å². The molecule has 2 aromatic heterocycles. The predicted molar refractivity (Wildman–Crippen MR) is 150 cm³/mol. The van der Waals surface area contributed by atoms with E-state index in [2.05, 4.69) is 4.98 Å². The molecule has 1 aliphatic carbocycles. The molecule has 0 radical (unpaired) electrons. The van der Waals surface area contributed by atoms with E-state index in [-0.39, 0.29) is 24.0 Å². The largest absolute Gasteiger partial charge is 0.508 e. The van der Waals surface area contributed by atoms with Gasteiger partial charge in [-0.25, -0.2) is 19.6 Å². The van der Waals surface area contributed by atoms with Crippen LogP contribution < -0.4 is 9.80 Å². The monoisotopic (exact) mass is 539 g/mol. The maximum absolute atomic E-state index is 13.1. The van der Waals surface area contributed by atoms with E-state index in [1.165, 1.54) is 6.42 Å². The van der Waals surface area contributed by atoms with E-state index in [1.807, 2.05) is 51.7 Å². The molecule has 0 spiro atoms. The summed E-state index contributed by atoms with van der Waals surface area (Å²) in [7, 11) is 0. The second-order valence-corrected chi connectivity index (χ2v) is 11.5. The van der Waals surface area contributed by atoms with Crippen molar-refractivity contribution in [2.24, 2.45) is 0 Å². The van der Waals surface area contributed by atoms with E-state index >= 15 is 0 Å². The Labute approximate surface area is 230 Å². The van der Waals surface area contributed by atoms with Crippen molar-refractivity contribution in [2.45, 2.75) is 84.5 Å². The number of aromatic hydroxyl groups is 1. The molecular weight excluding hydrogens is 498 g/mol. The molecule has 39 heavy (non-hydrogen) atoms. The quantitative estimate of drug-likeness (QED) is 0.524. The third-order valence-corrected chi connectivity index (χ3v) is 6.81. The summed E-state index contributed by atoms with van der Waals surface area (Å²) < 4.78 is 11.1. The number of rotatable bonds is 5. The topological polar surface area (TPSA) is 108 Å². The first-order valence-electron chi connectivity index (χ1n) is 13.9. The fourth-order valence-electron chi connectivity index (χ4n) is 4.99. The van der Waals surface area contributed by atoms with Crippen LogP contribution in [-0.4, -0.2) is 76.1 Å². The van der Waals surface area contributed by atoms with E-state index < -0.39 is 11.7 Å². The van der Waals surface area contributed by atoms with Crippen molar-refractivity contribution in [1.29, 1.82) is 0 Å². The summed E-state index contributed by atoms with van der Waals surface area (Å²) in [6.45, 7) is 11.4. The summed E-state index contributed by atoms with van der Waals surface area (Å²) in [4.78, 5) is 40.4. The van der Waals surface area contributed by atoms with Crippen molar-refractivity contribution in [3.8, 4) is 17.0 Å². The van der Waals surface area contributed by atoms with E-state index in [9.17, 15) is 14.7 Å². The van der Waals surface area contributed by atoms with Crippen molar-refractivity contribution < 1.29 is 24.2 Å². The van der Waals surface area contributed by atoms with Crippen LogP contribution in [0.15, 0.2) is 30.5 Å². The number of pyridine rings is 2. The van der Waals surface area contributed by atoms with Crippen LogP contribution >= 0.6 is 0 Å². The molecule has 2 aliphatic rings. The molecule has 2 amide bonds. The summed E-state index contributed by atoms with van der Waals surface area (Å²) in [6.07, 6.45) is 5.81. The van der Waals surface area contributed by atoms with Crippen molar-refractivity contribution >= 4 is 23.8 Å². The molecule has 3 heterocycles. The normalized spacial score (nSPS) is 16.8. The molecule has 10 nitrogen and oxygen atoms in total. The summed E-state index contributed by atoms with van der Waals surface area (Å²) in [5, 5.41) is 10.6. The highest BCUT2D eigenvalue weighted by molar-refractivity contribution is 5.88. The van der Waals surface area contributed by atoms with Gasteiger partial charge in [0.05, 0.1) is 11.8 Å². The number of nitrogens with zero attached hydrogens (tertiary/aromatic N) is 5. The van der Waals surface area contributed by atoms with Gasteiger partial charge in [-0.05, 0) is 59.6 Å². The second kappa shape index (κ2) is 12.1. The number of carbonyl (C=O) groups is 2. The number of hydrogen-bond acceptors (Lipinski definition) is 8. The maximum atomic E-state index is 13.1. The van der Waals surface area contributed by atoms with Gasteiger partial charge >= 0.3 is 12.2 Å². The molecular formula is C29H41N5O5. The first kappa shape index (κ1) is 28.4. The zero-order valence-electron chi connectivity index (χ0n) is 23.7. The minimum Gasteiger partial charge on any atom is -0.508 e. The molecule has 2 fully saturated rings. The van der Waals surface area contributed by atoms with Crippen LogP contribution in [0.1, 0.15) is 66.7 Å². The van der Waals surface area contributed by atoms with Crippen LogP contribution in [-0.2, 0) is 9.47 Å². The van der Waals surface area contributed by atoms with Gasteiger partial charge in [-0.3, -0.25) is 4.90 Å². The number of aromatic nitrogens is 2. The van der Waals surface area contributed by atoms with Crippen molar-refractivity contribution in [3.63, 3.8) is 0 Å². The minimum absolute atomic E-state index is 0.0294. The minimum atomic E-state index is -0.544. The van der Waals surface area contributed by atoms with Crippen molar-refractivity contribution in [1.82, 2.24) is 14.9 Å². The standard InChI is InChI=1S/C29H41N5O5/c1-20(2)38-28(37)34(22-9-7-6-8-10-22)25-17-21(11-12-30-25)24-18-23(35)19-26(31-24)32-13-15-33(16-14-32)27(36)39-29(3,4)5/h11-12,17-20,22H,6-10,13-16H2,1-5H3,(H,31,35). The summed E-state index contributed by atoms with van der Waals surface area (Å²) in [6, 6.07) is 6.92. The predicted octanol–water partition coefficient (Wildman–Crippen LogP) is 5.59. The molecule has 2 aromatic rings. The first-order chi connectivity index (χ1) is 18.5. The average molecular weight is 540 g/mol. The molecule has 1 aliphatic heterocycles. The molecule has 1 saturated carbocycles. The van der Waals surface area contributed by atoms with Gasteiger partial charge in [0.15, 0.2) is 0 Å². The highest BCUT2D eigenvalue weighted by atomic mass is 16.6. The molecule has 1 N–H and O–H groups in total.